The molecule has 2 heterocycles. The molecule has 4 rings (SSSR count). The van der Waals surface area contributed by atoms with Gasteiger partial charge in [-0.2, -0.15) is 4.68 Å². The van der Waals surface area contributed by atoms with Crippen LogP contribution < -0.4 is 11.0 Å². The van der Waals surface area contributed by atoms with Crippen LogP contribution in [0.1, 0.15) is 5.82 Å². The fourth-order valence-electron chi connectivity index (χ4n) is 2.99. The third-order valence-electron chi connectivity index (χ3n) is 4.40. The maximum absolute atomic E-state index is 13.3. The minimum atomic E-state index is -0.369. The van der Waals surface area contributed by atoms with Gasteiger partial charge < -0.3 is 4.57 Å². The molecule has 0 aliphatic carbocycles. The summed E-state index contributed by atoms with van der Waals surface area (Å²) in [6.45, 7) is 1.84. The Bertz CT molecular complexity index is 1280. The van der Waals surface area contributed by atoms with Crippen molar-refractivity contribution in [2.75, 3.05) is 5.43 Å². The normalized spacial score (nSPS) is 11.0. The van der Waals surface area contributed by atoms with Crippen LogP contribution in [0.5, 0.6) is 0 Å². The van der Waals surface area contributed by atoms with E-state index in [4.69, 9.17) is 0 Å². The molecule has 9 heteroatoms. The molecule has 146 valence electrons. The van der Waals surface area contributed by atoms with Crippen LogP contribution in [0.4, 0.5) is 0 Å². The first kappa shape index (κ1) is 19.5. The molecule has 7 nitrogen and oxygen atoms in total. The van der Waals surface area contributed by atoms with Crippen LogP contribution >= 0.6 is 31.9 Å². The van der Waals surface area contributed by atoms with Gasteiger partial charge in [0.05, 0.1) is 10.9 Å². The molecule has 29 heavy (non-hydrogen) atoms. The van der Waals surface area contributed by atoms with Crippen LogP contribution in [0.25, 0.3) is 22.3 Å². The van der Waals surface area contributed by atoms with Crippen molar-refractivity contribution in [1.82, 2.24) is 19.2 Å². The van der Waals surface area contributed by atoms with Crippen LogP contribution in [-0.2, 0) is 11.3 Å². The second-order valence-corrected chi connectivity index (χ2v) is 8.13. The van der Waals surface area contributed by atoms with Crippen molar-refractivity contribution in [2.45, 2.75) is 13.5 Å². The predicted octanol–water partition coefficient (Wildman–Crippen LogP) is 3.86. The zero-order valence-corrected chi connectivity index (χ0v) is 18.4. The molecule has 0 unspecified atom stereocenters. The molecule has 0 aliphatic rings. The first-order chi connectivity index (χ1) is 13.9. The molecule has 0 saturated carbocycles. The summed E-state index contributed by atoms with van der Waals surface area (Å²) in [5, 5.41) is 0.380. The van der Waals surface area contributed by atoms with Crippen molar-refractivity contribution in [3.63, 3.8) is 0 Å². The second-order valence-electron chi connectivity index (χ2n) is 6.36. The topological polar surface area (TPSA) is 81.8 Å². The molecule has 4 aromatic rings. The van der Waals surface area contributed by atoms with Gasteiger partial charge in [0.1, 0.15) is 12.4 Å². The molecule has 0 spiro atoms. The van der Waals surface area contributed by atoms with Crippen molar-refractivity contribution in [3.8, 4) is 11.4 Å². The summed E-state index contributed by atoms with van der Waals surface area (Å²) < 4.78 is 4.31. The molecular weight excluding hydrogens is 502 g/mol. The number of carbonyl (C=O) groups excluding carboxylic acids is 1. The summed E-state index contributed by atoms with van der Waals surface area (Å²) in [7, 11) is 0. The van der Waals surface area contributed by atoms with E-state index in [1.165, 1.54) is 4.68 Å². The van der Waals surface area contributed by atoms with E-state index < -0.39 is 0 Å². The molecule has 0 fully saturated rings. The fourth-order valence-corrected chi connectivity index (χ4v) is 4.30. The lowest BCUT2D eigenvalue weighted by Gasteiger charge is -2.16. The van der Waals surface area contributed by atoms with Crippen LogP contribution in [0, 0.1) is 6.92 Å². The molecule has 2 aromatic heterocycles. The summed E-state index contributed by atoms with van der Waals surface area (Å²) in [6, 6.07) is 12.8. The molecule has 1 N–H and O–H groups in total. The fraction of sp³-hybridized carbons (Fsp3) is 0.100. The number of carbonyl (C=O) groups is 1. The number of benzene rings is 2. The molecule has 1 amide bonds. The van der Waals surface area contributed by atoms with E-state index in [0.717, 1.165) is 4.47 Å². The first-order valence-corrected chi connectivity index (χ1v) is 10.3. The molecule has 0 radical (unpaired) electrons. The van der Waals surface area contributed by atoms with Gasteiger partial charge in [-0.1, -0.05) is 46.3 Å². The van der Waals surface area contributed by atoms with Gasteiger partial charge in [-0.15, -0.1) is 0 Å². The van der Waals surface area contributed by atoms with Gasteiger partial charge in [0.15, 0.2) is 5.82 Å². The molecule has 0 saturated heterocycles. The molecule has 0 atom stereocenters. The second kappa shape index (κ2) is 7.92. The van der Waals surface area contributed by atoms with Gasteiger partial charge in [-0.05, 0) is 35.0 Å². The largest absolute Gasteiger partial charge is 0.326 e. The maximum atomic E-state index is 13.3. The number of aromatic nitrogens is 4. The minimum absolute atomic E-state index is 0.0344. The number of hydrogen-bond donors (Lipinski definition) is 1. The highest BCUT2D eigenvalue weighted by Gasteiger charge is 2.17. The van der Waals surface area contributed by atoms with E-state index in [9.17, 15) is 9.59 Å². The lowest BCUT2D eigenvalue weighted by atomic mass is 10.2. The van der Waals surface area contributed by atoms with Crippen molar-refractivity contribution < 1.29 is 4.79 Å². The Balaban J connectivity index is 1.86. The van der Waals surface area contributed by atoms with E-state index in [0.29, 0.717) is 32.6 Å². The lowest BCUT2D eigenvalue weighted by molar-refractivity contribution is -0.117. The Morgan fingerprint density at radius 1 is 1.17 bits per heavy atom. The van der Waals surface area contributed by atoms with Gasteiger partial charge in [-0.25, -0.2) is 9.97 Å². The Kier molecular flexibility index (Phi) is 5.33. The average molecular weight is 517 g/mol. The number of fused-ring (bicyclic) bond motifs is 1. The number of halogens is 2. The van der Waals surface area contributed by atoms with Gasteiger partial charge in [0.25, 0.3) is 11.5 Å². The van der Waals surface area contributed by atoms with Gasteiger partial charge in [0, 0.05) is 26.9 Å². The van der Waals surface area contributed by atoms with Crippen molar-refractivity contribution in [3.05, 3.63) is 80.0 Å². The highest BCUT2D eigenvalue weighted by atomic mass is 79.9. The Hall–Kier alpha value is -2.78. The Morgan fingerprint density at radius 3 is 2.62 bits per heavy atom. The number of aryl methyl sites for hydroxylation is 1. The highest BCUT2D eigenvalue weighted by Crippen LogP contribution is 2.27. The van der Waals surface area contributed by atoms with E-state index in [1.807, 2.05) is 43.3 Å². The monoisotopic (exact) mass is 515 g/mol. The smallest absolute Gasteiger partial charge is 0.280 e. The summed E-state index contributed by atoms with van der Waals surface area (Å²) in [6.07, 6.45) is 3.33. The van der Waals surface area contributed by atoms with E-state index in [2.05, 4.69) is 47.3 Å². The van der Waals surface area contributed by atoms with Crippen LogP contribution in [-0.4, -0.2) is 25.1 Å². The summed E-state index contributed by atoms with van der Waals surface area (Å²) in [5.41, 5.74) is 3.56. The third kappa shape index (κ3) is 3.88. The Labute approximate surface area is 182 Å². The van der Waals surface area contributed by atoms with Gasteiger partial charge >= 0.3 is 0 Å². The number of imidazole rings is 1. The molecular formula is C20H15Br2N5O2. The van der Waals surface area contributed by atoms with Crippen molar-refractivity contribution >= 4 is 48.7 Å². The zero-order chi connectivity index (χ0) is 20.5. The van der Waals surface area contributed by atoms with Crippen molar-refractivity contribution in [2.24, 2.45) is 0 Å². The number of nitrogens with zero attached hydrogens (tertiary/aromatic N) is 4. The standard InChI is InChI=1S/C20H15Br2N5O2/c1-12-23-7-8-26(12)11-17(28)25-27-19(13-5-3-2-4-6-13)24-18-15(20(27)29)9-14(21)10-16(18)22/h2-10H,11H2,1H3,(H,25,28). The summed E-state index contributed by atoms with van der Waals surface area (Å²) >= 11 is 6.87. The Morgan fingerprint density at radius 2 is 1.93 bits per heavy atom. The van der Waals surface area contributed by atoms with Gasteiger partial charge in [-0.3, -0.25) is 15.0 Å². The lowest BCUT2D eigenvalue weighted by Crippen LogP contribution is -2.36. The summed E-state index contributed by atoms with van der Waals surface area (Å²) in [5.74, 6) is 0.697. The molecule has 0 aliphatic heterocycles. The number of hydrogen-bond acceptors (Lipinski definition) is 4. The number of amides is 1. The third-order valence-corrected chi connectivity index (χ3v) is 5.46. The van der Waals surface area contributed by atoms with E-state index >= 15 is 0 Å². The SMILES string of the molecule is Cc1nccn1CC(=O)Nn1c(-c2ccccc2)nc2c(Br)cc(Br)cc2c1=O. The highest BCUT2D eigenvalue weighted by molar-refractivity contribution is 9.11. The van der Waals surface area contributed by atoms with Gasteiger partial charge in [0.2, 0.25) is 0 Å². The van der Waals surface area contributed by atoms with E-state index in [-0.39, 0.29) is 18.0 Å². The van der Waals surface area contributed by atoms with Crippen LogP contribution in [0.15, 0.2) is 68.6 Å². The van der Waals surface area contributed by atoms with Crippen LogP contribution in [0.2, 0.25) is 0 Å². The molecule has 0 bridgehead atoms. The van der Waals surface area contributed by atoms with Crippen LogP contribution in [0.3, 0.4) is 0 Å². The number of rotatable bonds is 4. The number of nitrogens with one attached hydrogen (secondary N) is 1. The van der Waals surface area contributed by atoms with Crippen molar-refractivity contribution in [1.29, 1.82) is 0 Å². The van der Waals surface area contributed by atoms with E-state index in [1.54, 1.807) is 23.0 Å². The zero-order valence-electron chi connectivity index (χ0n) is 15.3. The summed E-state index contributed by atoms with van der Waals surface area (Å²) in [4.78, 5) is 34.7. The predicted molar refractivity (Wildman–Crippen MR) is 118 cm³/mol. The molecule has 2 aromatic carbocycles. The average Bonchev–Trinajstić information content (AvgIpc) is 3.09. The quantitative estimate of drug-likeness (QED) is 0.446. The minimum Gasteiger partial charge on any atom is -0.326 e. The maximum Gasteiger partial charge on any atom is 0.280 e. The first-order valence-electron chi connectivity index (χ1n) is 8.69.